The van der Waals surface area contributed by atoms with Gasteiger partial charge in [-0.3, -0.25) is 9.69 Å². The number of carbonyl (C=O) groups excluding carboxylic acids is 1. The summed E-state index contributed by atoms with van der Waals surface area (Å²) in [5.74, 6) is -0.101. The third kappa shape index (κ3) is 5.07. The van der Waals surface area contributed by atoms with Crippen molar-refractivity contribution in [1.82, 2.24) is 9.21 Å². The van der Waals surface area contributed by atoms with Crippen molar-refractivity contribution in [2.45, 2.75) is 9.79 Å². The first kappa shape index (κ1) is 21.1. The van der Waals surface area contributed by atoms with Gasteiger partial charge in [-0.15, -0.1) is 11.8 Å². The van der Waals surface area contributed by atoms with Crippen molar-refractivity contribution in [3.05, 3.63) is 53.6 Å². The maximum absolute atomic E-state index is 12.7. The van der Waals surface area contributed by atoms with Crippen LogP contribution in [-0.2, 0) is 14.8 Å². The van der Waals surface area contributed by atoms with Crippen molar-refractivity contribution >= 4 is 45.0 Å². The molecule has 1 aliphatic heterocycles. The zero-order chi connectivity index (χ0) is 20.1. The van der Waals surface area contributed by atoms with Crippen LogP contribution in [0.25, 0.3) is 0 Å². The highest BCUT2D eigenvalue weighted by molar-refractivity contribution is 7.98. The van der Waals surface area contributed by atoms with E-state index in [2.05, 4.69) is 5.32 Å². The Morgan fingerprint density at radius 3 is 2.36 bits per heavy atom. The van der Waals surface area contributed by atoms with Gasteiger partial charge >= 0.3 is 0 Å². The minimum Gasteiger partial charge on any atom is -0.324 e. The molecule has 0 bridgehead atoms. The lowest BCUT2D eigenvalue weighted by Crippen LogP contribution is -2.50. The number of anilines is 1. The van der Waals surface area contributed by atoms with Crippen molar-refractivity contribution < 1.29 is 13.2 Å². The van der Waals surface area contributed by atoms with E-state index in [4.69, 9.17) is 11.6 Å². The number of hydrogen-bond acceptors (Lipinski definition) is 5. The highest BCUT2D eigenvalue weighted by atomic mass is 35.5. The van der Waals surface area contributed by atoms with E-state index in [1.807, 2.05) is 35.4 Å². The number of piperazine rings is 1. The van der Waals surface area contributed by atoms with Crippen LogP contribution < -0.4 is 5.32 Å². The molecule has 1 saturated heterocycles. The quantitative estimate of drug-likeness (QED) is 0.700. The second-order valence-corrected chi connectivity index (χ2v) is 9.61. The van der Waals surface area contributed by atoms with Crippen LogP contribution in [0, 0.1) is 0 Å². The SMILES string of the molecule is CSc1ccccc1NC(=O)CN1CCN(S(=O)(=O)c2ccc(Cl)cc2)CC1. The minimum absolute atomic E-state index is 0.101. The Labute approximate surface area is 174 Å². The molecule has 1 N–H and O–H groups in total. The summed E-state index contributed by atoms with van der Waals surface area (Å²) < 4.78 is 26.9. The molecule has 0 aliphatic carbocycles. The number of thioether (sulfide) groups is 1. The monoisotopic (exact) mass is 439 g/mol. The number of benzene rings is 2. The maximum Gasteiger partial charge on any atom is 0.243 e. The van der Waals surface area contributed by atoms with Crippen molar-refractivity contribution in [3.8, 4) is 0 Å². The Bertz CT molecular complexity index is 928. The van der Waals surface area contributed by atoms with E-state index in [0.29, 0.717) is 31.2 Å². The molecule has 0 spiro atoms. The summed E-state index contributed by atoms with van der Waals surface area (Å²) in [6.07, 6.45) is 1.96. The Kier molecular flexibility index (Phi) is 7.00. The number of nitrogens with one attached hydrogen (secondary N) is 1. The summed E-state index contributed by atoms with van der Waals surface area (Å²) in [5.41, 5.74) is 0.795. The van der Waals surface area contributed by atoms with Gasteiger partial charge in [-0.1, -0.05) is 23.7 Å². The number of sulfonamides is 1. The fraction of sp³-hybridized carbons (Fsp3) is 0.316. The van der Waals surface area contributed by atoms with Crippen molar-refractivity contribution in [1.29, 1.82) is 0 Å². The van der Waals surface area contributed by atoms with Crippen LogP contribution in [0.4, 0.5) is 5.69 Å². The van der Waals surface area contributed by atoms with Gasteiger partial charge in [-0.2, -0.15) is 4.31 Å². The third-order valence-corrected chi connectivity index (χ3v) is 7.49. The van der Waals surface area contributed by atoms with E-state index in [9.17, 15) is 13.2 Å². The largest absolute Gasteiger partial charge is 0.324 e. The molecule has 2 aromatic rings. The third-order valence-electron chi connectivity index (χ3n) is 4.53. The van der Waals surface area contributed by atoms with Gasteiger partial charge in [-0.25, -0.2) is 8.42 Å². The fourth-order valence-corrected chi connectivity index (χ4v) is 5.13. The molecule has 0 saturated carbocycles. The zero-order valence-electron chi connectivity index (χ0n) is 15.5. The number of amides is 1. The van der Waals surface area contributed by atoms with Crippen molar-refractivity contribution in [2.24, 2.45) is 0 Å². The van der Waals surface area contributed by atoms with Crippen molar-refractivity contribution in [2.75, 3.05) is 44.3 Å². The van der Waals surface area contributed by atoms with E-state index >= 15 is 0 Å². The molecule has 1 heterocycles. The lowest BCUT2D eigenvalue weighted by Gasteiger charge is -2.33. The molecule has 28 heavy (non-hydrogen) atoms. The standard InChI is InChI=1S/C19H22ClN3O3S2/c1-27-18-5-3-2-4-17(18)21-19(24)14-22-10-12-23(13-11-22)28(25,26)16-8-6-15(20)7-9-16/h2-9H,10-14H2,1H3,(H,21,24). The molecular weight excluding hydrogens is 418 g/mol. The topological polar surface area (TPSA) is 69.7 Å². The summed E-state index contributed by atoms with van der Waals surface area (Å²) in [5, 5.41) is 3.43. The molecule has 1 amide bonds. The van der Waals surface area contributed by atoms with Gasteiger partial charge in [0.25, 0.3) is 0 Å². The van der Waals surface area contributed by atoms with E-state index in [1.165, 1.54) is 16.4 Å². The number of hydrogen-bond donors (Lipinski definition) is 1. The molecule has 3 rings (SSSR count). The van der Waals surface area contributed by atoms with E-state index in [-0.39, 0.29) is 17.3 Å². The molecule has 2 aromatic carbocycles. The smallest absolute Gasteiger partial charge is 0.243 e. The van der Waals surface area contributed by atoms with E-state index in [0.717, 1.165) is 10.6 Å². The number of nitrogens with zero attached hydrogens (tertiary/aromatic N) is 2. The van der Waals surface area contributed by atoms with Crippen LogP contribution in [0.5, 0.6) is 0 Å². The summed E-state index contributed by atoms with van der Waals surface area (Å²) in [6, 6.07) is 13.8. The number of carbonyl (C=O) groups is 1. The maximum atomic E-state index is 12.7. The Hall–Kier alpha value is -1.58. The lowest BCUT2D eigenvalue weighted by atomic mass is 10.3. The Morgan fingerprint density at radius 1 is 1.07 bits per heavy atom. The summed E-state index contributed by atoms with van der Waals surface area (Å²) in [7, 11) is -3.54. The van der Waals surface area contributed by atoms with Gasteiger partial charge in [0, 0.05) is 36.1 Å². The van der Waals surface area contributed by atoms with Gasteiger partial charge < -0.3 is 5.32 Å². The Balaban J connectivity index is 1.55. The second kappa shape index (κ2) is 9.28. The molecule has 6 nitrogen and oxygen atoms in total. The van der Waals surface area contributed by atoms with Crippen LogP contribution in [0.3, 0.4) is 0 Å². The molecule has 0 radical (unpaired) electrons. The van der Waals surface area contributed by atoms with Crippen LogP contribution in [0.1, 0.15) is 0 Å². The summed E-state index contributed by atoms with van der Waals surface area (Å²) in [6.45, 7) is 1.94. The average molecular weight is 440 g/mol. The average Bonchev–Trinajstić information content (AvgIpc) is 2.69. The van der Waals surface area contributed by atoms with E-state index in [1.54, 1.807) is 23.9 Å². The predicted molar refractivity (Wildman–Crippen MR) is 114 cm³/mol. The first-order chi connectivity index (χ1) is 13.4. The summed E-state index contributed by atoms with van der Waals surface area (Å²) >= 11 is 7.41. The fourth-order valence-electron chi connectivity index (χ4n) is 3.02. The normalized spacial score (nSPS) is 16.1. The van der Waals surface area contributed by atoms with Crippen LogP contribution in [0.15, 0.2) is 58.3 Å². The molecule has 0 unspecified atom stereocenters. The molecule has 150 valence electrons. The van der Waals surface area contributed by atoms with Crippen LogP contribution in [0.2, 0.25) is 5.02 Å². The molecule has 9 heteroatoms. The second-order valence-electron chi connectivity index (χ2n) is 6.38. The van der Waals surface area contributed by atoms with Gasteiger partial charge in [0.05, 0.1) is 17.1 Å². The van der Waals surface area contributed by atoms with Gasteiger partial charge in [0.1, 0.15) is 0 Å². The van der Waals surface area contributed by atoms with Crippen LogP contribution >= 0.6 is 23.4 Å². The first-order valence-corrected chi connectivity index (χ1v) is 11.9. The van der Waals surface area contributed by atoms with Crippen molar-refractivity contribution in [3.63, 3.8) is 0 Å². The molecular formula is C19H22ClN3O3S2. The summed E-state index contributed by atoms with van der Waals surface area (Å²) in [4.78, 5) is 15.6. The van der Waals surface area contributed by atoms with Gasteiger partial charge in [-0.05, 0) is 42.7 Å². The first-order valence-electron chi connectivity index (χ1n) is 8.81. The highest BCUT2D eigenvalue weighted by Crippen LogP contribution is 2.24. The minimum atomic E-state index is -3.54. The molecule has 1 fully saturated rings. The number of rotatable bonds is 6. The van der Waals surface area contributed by atoms with E-state index < -0.39 is 10.0 Å². The molecule has 0 aromatic heterocycles. The highest BCUT2D eigenvalue weighted by Gasteiger charge is 2.29. The lowest BCUT2D eigenvalue weighted by molar-refractivity contribution is -0.117. The zero-order valence-corrected chi connectivity index (χ0v) is 17.9. The predicted octanol–water partition coefficient (Wildman–Crippen LogP) is 3.01. The van der Waals surface area contributed by atoms with Crippen LogP contribution in [-0.4, -0.2) is 62.5 Å². The van der Waals surface area contributed by atoms with Gasteiger partial charge in [0.2, 0.25) is 15.9 Å². The molecule has 1 aliphatic rings. The Morgan fingerprint density at radius 2 is 1.71 bits per heavy atom. The number of para-hydroxylation sites is 1. The van der Waals surface area contributed by atoms with Gasteiger partial charge in [0.15, 0.2) is 0 Å². The molecule has 0 atom stereocenters. The number of halogens is 1.